The molecule has 4 nitrogen and oxygen atoms in total. The van der Waals surface area contributed by atoms with Crippen LogP contribution >= 0.6 is 11.6 Å². The van der Waals surface area contributed by atoms with Crippen LogP contribution in [0.4, 0.5) is 4.39 Å². The van der Waals surface area contributed by atoms with E-state index in [1.165, 1.54) is 38.1 Å². The molecule has 0 aliphatic heterocycles. The van der Waals surface area contributed by atoms with Crippen molar-refractivity contribution in [1.29, 1.82) is 0 Å². The second-order valence-electron chi connectivity index (χ2n) is 4.39. The average molecular weight is 286 g/mol. The molecule has 1 rings (SSSR count). The Morgan fingerprint density at radius 3 is 2.58 bits per heavy atom. The van der Waals surface area contributed by atoms with Crippen LogP contribution < -0.4 is 5.32 Å². The smallest absolute Gasteiger partial charge is 0.328 e. The van der Waals surface area contributed by atoms with Gasteiger partial charge in [-0.2, -0.15) is 0 Å². The van der Waals surface area contributed by atoms with Gasteiger partial charge in [0, 0.05) is 11.6 Å². The number of aliphatic carboxylic acids is 1. The van der Waals surface area contributed by atoms with E-state index in [1.807, 2.05) is 0 Å². The number of hydrogen-bond donors (Lipinski definition) is 2. The maximum Gasteiger partial charge on any atom is 0.328 e. The molecule has 1 aromatic carbocycles. The molecule has 6 heteroatoms. The number of hydrogen-bond acceptors (Lipinski definition) is 2. The van der Waals surface area contributed by atoms with Crippen molar-refractivity contribution in [3.05, 3.63) is 40.7 Å². The lowest BCUT2D eigenvalue weighted by molar-refractivity contribution is -0.145. The quantitative estimate of drug-likeness (QED) is 0.835. The van der Waals surface area contributed by atoms with Gasteiger partial charge in [-0.05, 0) is 32.1 Å². The van der Waals surface area contributed by atoms with E-state index in [0.717, 1.165) is 6.08 Å². The molecule has 0 radical (unpaired) electrons. The lowest BCUT2D eigenvalue weighted by Gasteiger charge is -2.19. The van der Waals surface area contributed by atoms with E-state index in [-0.39, 0.29) is 10.6 Å². The Labute approximate surface area is 114 Å². The van der Waals surface area contributed by atoms with Crippen LogP contribution in [0.1, 0.15) is 19.4 Å². The summed E-state index contributed by atoms with van der Waals surface area (Å²) in [5, 5.41) is 11.3. The van der Waals surface area contributed by atoms with Crippen LogP contribution in [0.25, 0.3) is 6.08 Å². The molecule has 0 fully saturated rings. The lowest BCUT2D eigenvalue weighted by Crippen LogP contribution is -2.49. The number of rotatable bonds is 4. The van der Waals surface area contributed by atoms with Gasteiger partial charge in [-0.15, -0.1) is 0 Å². The Balaban J connectivity index is 2.83. The first-order chi connectivity index (χ1) is 8.74. The first kappa shape index (κ1) is 15.2. The number of halogens is 2. The number of carboxylic acid groups (broad SMARTS) is 1. The zero-order chi connectivity index (χ0) is 14.6. The highest BCUT2D eigenvalue weighted by Crippen LogP contribution is 2.20. The summed E-state index contributed by atoms with van der Waals surface area (Å²) in [5.74, 6) is -2.38. The number of carbonyl (C=O) groups excluding carboxylic acids is 1. The van der Waals surface area contributed by atoms with Crippen molar-refractivity contribution in [2.75, 3.05) is 0 Å². The van der Waals surface area contributed by atoms with Crippen molar-refractivity contribution in [2.24, 2.45) is 0 Å². The molecule has 0 saturated carbocycles. The van der Waals surface area contributed by atoms with Crippen molar-refractivity contribution in [3.63, 3.8) is 0 Å². The number of carbonyl (C=O) groups is 2. The van der Waals surface area contributed by atoms with Gasteiger partial charge in [-0.25, -0.2) is 9.18 Å². The Bertz CT molecular complexity index is 520. The van der Waals surface area contributed by atoms with E-state index in [0.29, 0.717) is 0 Å². The van der Waals surface area contributed by atoms with Crippen LogP contribution in [-0.2, 0) is 9.59 Å². The minimum atomic E-state index is -1.40. The molecular formula is C13H13ClFNO3. The molecular weight excluding hydrogens is 273 g/mol. The molecule has 0 unspecified atom stereocenters. The van der Waals surface area contributed by atoms with E-state index in [4.69, 9.17) is 16.7 Å². The predicted molar refractivity (Wildman–Crippen MR) is 70.3 cm³/mol. The molecule has 1 aromatic rings. The largest absolute Gasteiger partial charge is 0.480 e. The Morgan fingerprint density at radius 2 is 2.05 bits per heavy atom. The van der Waals surface area contributed by atoms with Gasteiger partial charge in [0.15, 0.2) is 0 Å². The molecule has 0 aliphatic rings. The zero-order valence-corrected chi connectivity index (χ0v) is 11.2. The fraction of sp³-hybridized carbons (Fsp3) is 0.231. The normalized spacial score (nSPS) is 11.6. The molecule has 0 spiro atoms. The third-order valence-corrected chi connectivity index (χ3v) is 2.70. The monoisotopic (exact) mass is 285 g/mol. The Hall–Kier alpha value is -1.88. The minimum Gasteiger partial charge on any atom is -0.480 e. The van der Waals surface area contributed by atoms with Gasteiger partial charge in [0.1, 0.15) is 11.4 Å². The molecule has 19 heavy (non-hydrogen) atoms. The summed E-state index contributed by atoms with van der Waals surface area (Å²) in [6.07, 6.45) is 2.24. The van der Waals surface area contributed by atoms with Crippen LogP contribution in [0.3, 0.4) is 0 Å². The molecule has 0 saturated heterocycles. The Kier molecular flexibility index (Phi) is 4.67. The molecule has 0 bridgehead atoms. The highest BCUT2D eigenvalue weighted by Gasteiger charge is 2.27. The first-order valence-electron chi connectivity index (χ1n) is 5.41. The zero-order valence-electron chi connectivity index (χ0n) is 10.4. The second kappa shape index (κ2) is 5.84. The fourth-order valence-electron chi connectivity index (χ4n) is 1.23. The van der Waals surface area contributed by atoms with Gasteiger partial charge < -0.3 is 10.4 Å². The third-order valence-electron chi connectivity index (χ3n) is 2.37. The first-order valence-corrected chi connectivity index (χ1v) is 5.79. The average Bonchev–Trinajstić information content (AvgIpc) is 2.27. The summed E-state index contributed by atoms with van der Waals surface area (Å²) in [4.78, 5) is 22.4. The van der Waals surface area contributed by atoms with Crippen molar-refractivity contribution < 1.29 is 19.1 Å². The summed E-state index contributed by atoms with van der Waals surface area (Å²) in [6, 6.07) is 4.15. The molecule has 0 atom stereocenters. The summed E-state index contributed by atoms with van der Waals surface area (Å²) >= 11 is 5.78. The van der Waals surface area contributed by atoms with Crippen LogP contribution in [0.15, 0.2) is 24.3 Å². The fourth-order valence-corrected chi connectivity index (χ4v) is 1.46. The second-order valence-corrected chi connectivity index (χ2v) is 4.80. The number of carboxylic acids is 1. The number of nitrogens with one attached hydrogen (secondary N) is 1. The topological polar surface area (TPSA) is 66.4 Å². The van der Waals surface area contributed by atoms with Gasteiger partial charge in [0.05, 0.1) is 5.02 Å². The SMILES string of the molecule is CC(C)(NC(=O)C=Cc1c(F)cccc1Cl)C(=O)O. The summed E-state index contributed by atoms with van der Waals surface area (Å²) < 4.78 is 13.4. The minimum absolute atomic E-state index is 0.0763. The molecule has 1 amide bonds. The summed E-state index contributed by atoms with van der Waals surface area (Å²) in [6.45, 7) is 2.69. The molecule has 0 aromatic heterocycles. The highest BCUT2D eigenvalue weighted by molar-refractivity contribution is 6.32. The molecule has 0 heterocycles. The number of benzene rings is 1. The van der Waals surface area contributed by atoms with Crippen molar-refractivity contribution >= 4 is 29.6 Å². The van der Waals surface area contributed by atoms with Gasteiger partial charge in [0.2, 0.25) is 5.91 Å². The maximum atomic E-state index is 13.4. The van der Waals surface area contributed by atoms with E-state index in [2.05, 4.69) is 5.32 Å². The predicted octanol–water partition coefficient (Wildman–Crippen LogP) is 2.47. The Morgan fingerprint density at radius 1 is 1.42 bits per heavy atom. The van der Waals surface area contributed by atoms with Crippen LogP contribution in [0, 0.1) is 5.82 Å². The maximum absolute atomic E-state index is 13.4. The summed E-state index contributed by atoms with van der Waals surface area (Å²) in [7, 11) is 0. The standard InChI is InChI=1S/C13H13ClFNO3/c1-13(2,12(18)19)16-11(17)7-6-8-9(14)4-3-5-10(8)15/h3-7H,1-2H3,(H,16,17)(H,18,19). The highest BCUT2D eigenvalue weighted by atomic mass is 35.5. The van der Waals surface area contributed by atoms with Crippen molar-refractivity contribution in [1.82, 2.24) is 5.32 Å². The van der Waals surface area contributed by atoms with E-state index in [1.54, 1.807) is 0 Å². The van der Waals surface area contributed by atoms with Gasteiger partial charge in [-0.1, -0.05) is 17.7 Å². The van der Waals surface area contributed by atoms with Crippen molar-refractivity contribution in [3.8, 4) is 0 Å². The van der Waals surface area contributed by atoms with Crippen LogP contribution in [0.5, 0.6) is 0 Å². The molecule has 102 valence electrons. The van der Waals surface area contributed by atoms with Gasteiger partial charge >= 0.3 is 5.97 Å². The van der Waals surface area contributed by atoms with E-state index >= 15 is 0 Å². The third kappa shape index (κ3) is 4.06. The van der Waals surface area contributed by atoms with Crippen molar-refractivity contribution in [2.45, 2.75) is 19.4 Å². The lowest BCUT2D eigenvalue weighted by atomic mass is 10.1. The van der Waals surface area contributed by atoms with Crippen LogP contribution in [-0.4, -0.2) is 22.5 Å². The van der Waals surface area contributed by atoms with Gasteiger partial charge in [-0.3, -0.25) is 4.79 Å². The number of amides is 1. The summed E-state index contributed by atoms with van der Waals surface area (Å²) in [5.41, 5.74) is -1.33. The van der Waals surface area contributed by atoms with E-state index < -0.39 is 23.2 Å². The molecule has 2 N–H and O–H groups in total. The van der Waals surface area contributed by atoms with Gasteiger partial charge in [0.25, 0.3) is 0 Å². The van der Waals surface area contributed by atoms with Crippen LogP contribution in [0.2, 0.25) is 5.02 Å². The molecule has 0 aliphatic carbocycles. The van der Waals surface area contributed by atoms with E-state index in [9.17, 15) is 14.0 Å².